The van der Waals surface area contributed by atoms with Crippen LogP contribution in [-0.2, 0) is 0 Å². The van der Waals surface area contributed by atoms with Crippen molar-refractivity contribution in [2.45, 2.75) is 57.6 Å². The highest BCUT2D eigenvalue weighted by Crippen LogP contribution is 2.27. The topological polar surface area (TPSA) is 35.8 Å². The Hall–Kier alpha value is -0.290. The summed E-state index contributed by atoms with van der Waals surface area (Å²) in [5.41, 5.74) is 0.925. The van der Waals surface area contributed by atoms with Gasteiger partial charge in [0.1, 0.15) is 4.32 Å². The van der Waals surface area contributed by atoms with E-state index in [2.05, 4.69) is 23.9 Å². The van der Waals surface area contributed by atoms with E-state index in [-0.39, 0.29) is 5.25 Å². The van der Waals surface area contributed by atoms with E-state index in [9.17, 15) is 0 Å². The summed E-state index contributed by atoms with van der Waals surface area (Å²) in [6.45, 7) is 6.13. The highest BCUT2D eigenvalue weighted by Gasteiger charge is 2.22. The highest BCUT2D eigenvalue weighted by atomic mass is 32.2. The molecule has 1 fully saturated rings. The second kappa shape index (κ2) is 8.75. The van der Waals surface area contributed by atoms with Gasteiger partial charge in [-0.2, -0.15) is 0 Å². The summed E-state index contributed by atoms with van der Waals surface area (Å²) < 4.78 is 0.937. The van der Waals surface area contributed by atoms with Crippen LogP contribution in [0.3, 0.4) is 0 Å². The lowest BCUT2D eigenvalue weighted by atomic mass is 9.99. The standard InChI is InChI=1S/C13H24N2OS2/c1-3-15(4-2)13(17)18-12-10-8-6-5-7-9-11(12)14-16/h12,16H,3-10H2,1-2H3/b14-11-/t12-/m1/s1. The number of rotatable bonds is 3. The van der Waals surface area contributed by atoms with Gasteiger partial charge in [0.2, 0.25) is 0 Å². The fourth-order valence-electron chi connectivity index (χ4n) is 2.24. The maximum absolute atomic E-state index is 9.16. The number of nitrogens with zero attached hydrogens (tertiary/aromatic N) is 2. The number of hydrogen-bond donors (Lipinski definition) is 1. The van der Waals surface area contributed by atoms with Crippen LogP contribution < -0.4 is 0 Å². The molecule has 1 aliphatic rings. The Bertz CT molecular complexity index is 291. The van der Waals surface area contributed by atoms with E-state index in [1.807, 2.05) is 0 Å². The Morgan fingerprint density at radius 2 is 2.00 bits per heavy atom. The van der Waals surface area contributed by atoms with Gasteiger partial charge in [-0.3, -0.25) is 0 Å². The van der Waals surface area contributed by atoms with Gasteiger partial charge in [0, 0.05) is 13.1 Å². The lowest BCUT2D eigenvalue weighted by Gasteiger charge is -2.26. The van der Waals surface area contributed by atoms with Crippen molar-refractivity contribution in [1.29, 1.82) is 0 Å². The van der Waals surface area contributed by atoms with Crippen LogP contribution in [0.1, 0.15) is 52.4 Å². The summed E-state index contributed by atoms with van der Waals surface area (Å²) in [5.74, 6) is 0. The van der Waals surface area contributed by atoms with Crippen LogP contribution in [0.4, 0.5) is 0 Å². The van der Waals surface area contributed by atoms with Gasteiger partial charge >= 0.3 is 0 Å². The van der Waals surface area contributed by atoms with Crippen molar-refractivity contribution >= 4 is 34.0 Å². The molecule has 1 N–H and O–H groups in total. The van der Waals surface area contributed by atoms with Crippen LogP contribution in [-0.4, -0.2) is 38.5 Å². The van der Waals surface area contributed by atoms with Gasteiger partial charge in [-0.05, 0) is 33.1 Å². The molecule has 0 heterocycles. The molecule has 0 amide bonds. The van der Waals surface area contributed by atoms with Crippen molar-refractivity contribution in [3.63, 3.8) is 0 Å². The largest absolute Gasteiger partial charge is 0.411 e. The molecule has 0 aromatic rings. The van der Waals surface area contributed by atoms with E-state index < -0.39 is 0 Å². The molecule has 0 saturated heterocycles. The molecular formula is C13H24N2OS2. The van der Waals surface area contributed by atoms with Gasteiger partial charge in [-0.25, -0.2) is 0 Å². The average molecular weight is 288 g/mol. The Labute approximate surface area is 120 Å². The summed E-state index contributed by atoms with van der Waals surface area (Å²) >= 11 is 7.19. The first-order valence-electron chi connectivity index (χ1n) is 6.89. The monoisotopic (exact) mass is 288 g/mol. The second-order valence-electron chi connectivity index (χ2n) is 4.59. The predicted octanol–water partition coefficient (Wildman–Crippen LogP) is 3.90. The molecule has 0 aliphatic heterocycles. The molecule has 1 atom stereocenters. The van der Waals surface area contributed by atoms with Crippen molar-refractivity contribution < 1.29 is 5.21 Å². The van der Waals surface area contributed by atoms with Gasteiger partial charge in [0.15, 0.2) is 0 Å². The maximum Gasteiger partial charge on any atom is 0.136 e. The zero-order chi connectivity index (χ0) is 13.4. The van der Waals surface area contributed by atoms with Crippen LogP contribution in [0.15, 0.2) is 5.16 Å². The third kappa shape index (κ3) is 4.76. The molecule has 0 radical (unpaired) electrons. The van der Waals surface area contributed by atoms with Gasteiger partial charge in [-0.15, -0.1) is 0 Å². The molecule has 1 rings (SSSR count). The van der Waals surface area contributed by atoms with E-state index in [0.717, 1.165) is 42.4 Å². The average Bonchev–Trinajstić information content (AvgIpc) is 2.34. The highest BCUT2D eigenvalue weighted by molar-refractivity contribution is 8.23. The van der Waals surface area contributed by atoms with Crippen LogP contribution >= 0.6 is 24.0 Å². The minimum Gasteiger partial charge on any atom is -0.411 e. The number of thioether (sulfide) groups is 1. The predicted molar refractivity (Wildman–Crippen MR) is 83.8 cm³/mol. The summed E-state index contributed by atoms with van der Waals surface area (Å²) in [5, 5.41) is 12.9. The van der Waals surface area contributed by atoms with Crippen LogP contribution in [0.5, 0.6) is 0 Å². The van der Waals surface area contributed by atoms with Crippen molar-refractivity contribution in [1.82, 2.24) is 4.90 Å². The van der Waals surface area contributed by atoms with Crippen LogP contribution in [0.25, 0.3) is 0 Å². The lowest BCUT2D eigenvalue weighted by molar-refractivity contribution is 0.315. The molecule has 3 nitrogen and oxygen atoms in total. The van der Waals surface area contributed by atoms with Gasteiger partial charge in [-0.1, -0.05) is 48.4 Å². The minimum absolute atomic E-state index is 0.267. The molecule has 0 aromatic heterocycles. The van der Waals surface area contributed by atoms with Crippen LogP contribution in [0, 0.1) is 0 Å². The summed E-state index contributed by atoms with van der Waals surface area (Å²) in [7, 11) is 0. The summed E-state index contributed by atoms with van der Waals surface area (Å²) in [6.07, 6.45) is 6.86. The molecule has 18 heavy (non-hydrogen) atoms. The van der Waals surface area contributed by atoms with E-state index in [0.29, 0.717) is 0 Å². The van der Waals surface area contributed by atoms with E-state index in [1.165, 1.54) is 19.3 Å². The molecule has 1 aliphatic carbocycles. The maximum atomic E-state index is 9.16. The van der Waals surface area contributed by atoms with Gasteiger partial charge in [0.25, 0.3) is 0 Å². The van der Waals surface area contributed by atoms with Gasteiger partial charge in [0.05, 0.1) is 11.0 Å². The SMILES string of the molecule is CCN(CC)C(=S)S[C@@H]1CCCCCC/C1=N/O. The molecule has 0 bridgehead atoms. The first-order chi connectivity index (χ1) is 8.72. The third-order valence-corrected chi connectivity index (χ3v) is 5.21. The fraction of sp³-hybridized carbons (Fsp3) is 0.846. The Morgan fingerprint density at radius 1 is 1.33 bits per heavy atom. The third-order valence-electron chi connectivity index (χ3n) is 3.41. The fourth-order valence-corrected chi connectivity index (χ4v) is 4.08. The number of thiocarbonyl (C=S) groups is 1. The lowest BCUT2D eigenvalue weighted by Crippen LogP contribution is -2.30. The smallest absolute Gasteiger partial charge is 0.136 e. The Balaban J connectivity index is 2.62. The first kappa shape index (κ1) is 15.8. The zero-order valence-corrected chi connectivity index (χ0v) is 13.0. The molecular weight excluding hydrogens is 264 g/mol. The summed E-state index contributed by atoms with van der Waals surface area (Å²) in [6, 6.07) is 0. The van der Waals surface area contributed by atoms with E-state index in [1.54, 1.807) is 11.8 Å². The summed E-state index contributed by atoms with van der Waals surface area (Å²) in [4.78, 5) is 2.19. The number of oxime groups is 1. The number of hydrogen-bond acceptors (Lipinski definition) is 4. The molecule has 0 unspecified atom stereocenters. The normalized spacial score (nSPS) is 23.4. The van der Waals surface area contributed by atoms with Gasteiger partial charge < -0.3 is 10.1 Å². The van der Waals surface area contributed by atoms with E-state index >= 15 is 0 Å². The zero-order valence-electron chi connectivity index (χ0n) is 11.4. The first-order valence-corrected chi connectivity index (χ1v) is 8.18. The molecule has 1 saturated carbocycles. The van der Waals surface area contributed by atoms with Crippen molar-refractivity contribution in [3.05, 3.63) is 0 Å². The van der Waals surface area contributed by atoms with Crippen molar-refractivity contribution in [3.8, 4) is 0 Å². The van der Waals surface area contributed by atoms with E-state index in [4.69, 9.17) is 17.4 Å². The molecule has 104 valence electrons. The quantitative estimate of drug-likeness (QED) is 0.485. The molecule has 0 aromatic carbocycles. The molecule has 5 heteroatoms. The van der Waals surface area contributed by atoms with Crippen molar-refractivity contribution in [2.24, 2.45) is 5.16 Å². The second-order valence-corrected chi connectivity index (χ2v) is 6.43. The van der Waals surface area contributed by atoms with Crippen molar-refractivity contribution in [2.75, 3.05) is 13.1 Å². The minimum atomic E-state index is 0.267. The Morgan fingerprint density at radius 3 is 2.61 bits per heavy atom. The molecule has 0 spiro atoms. The van der Waals surface area contributed by atoms with Crippen LogP contribution in [0.2, 0.25) is 0 Å². The Kier molecular flexibility index (Phi) is 7.66.